The minimum absolute atomic E-state index is 0.226. The Morgan fingerprint density at radius 1 is 0.944 bits per heavy atom. The molecule has 0 radical (unpaired) electrons. The van der Waals surface area contributed by atoms with E-state index in [0.717, 1.165) is 0 Å². The largest absolute Gasteiger partial charge is 0.481 e. The lowest BCUT2D eigenvalue weighted by Crippen LogP contribution is -2.27. The molecule has 2 rings (SSSR count). The first-order chi connectivity index (χ1) is 8.61. The average molecular weight is 250 g/mol. The molecule has 0 aliphatic rings. The van der Waals surface area contributed by atoms with Crippen molar-refractivity contribution in [1.29, 1.82) is 0 Å². The molecule has 2 aromatic heterocycles. The predicted octanol–water partition coefficient (Wildman–Crippen LogP) is 0.169. The number of aliphatic carboxylic acids is 2. The molecule has 8 nitrogen and oxygen atoms in total. The number of aromatic amines is 2. The smallest absolute Gasteiger partial charge is 0.313 e. The highest BCUT2D eigenvalue weighted by atomic mass is 16.4. The van der Waals surface area contributed by atoms with Gasteiger partial charge in [0.25, 0.3) is 0 Å². The van der Waals surface area contributed by atoms with Crippen LogP contribution in [0.3, 0.4) is 0 Å². The van der Waals surface area contributed by atoms with Crippen LogP contribution in [0.15, 0.2) is 24.5 Å². The van der Waals surface area contributed by atoms with E-state index in [4.69, 9.17) is 0 Å². The van der Waals surface area contributed by atoms with Crippen LogP contribution in [-0.2, 0) is 9.59 Å². The van der Waals surface area contributed by atoms with Gasteiger partial charge in [0.1, 0.15) is 11.8 Å². The Labute approximate surface area is 101 Å². The maximum atomic E-state index is 11.3. The van der Waals surface area contributed by atoms with E-state index in [2.05, 4.69) is 20.4 Å². The third-order valence-corrected chi connectivity index (χ3v) is 2.58. The Kier molecular flexibility index (Phi) is 3.09. The summed E-state index contributed by atoms with van der Waals surface area (Å²) in [6.45, 7) is 0. The summed E-state index contributed by atoms with van der Waals surface area (Å²) in [6, 6.07) is 2.87. The number of hydrogen-bond donors (Lipinski definition) is 4. The van der Waals surface area contributed by atoms with Crippen LogP contribution < -0.4 is 0 Å². The molecule has 2 atom stereocenters. The normalized spacial score (nSPS) is 14.0. The summed E-state index contributed by atoms with van der Waals surface area (Å²) in [4.78, 5) is 22.6. The Balaban J connectivity index is 2.45. The summed E-state index contributed by atoms with van der Waals surface area (Å²) < 4.78 is 0. The van der Waals surface area contributed by atoms with Crippen molar-refractivity contribution in [2.24, 2.45) is 0 Å². The molecular formula is C10H10N4O4. The van der Waals surface area contributed by atoms with Crippen molar-refractivity contribution < 1.29 is 19.8 Å². The first-order valence-electron chi connectivity index (χ1n) is 5.05. The fraction of sp³-hybridized carbons (Fsp3) is 0.200. The fourth-order valence-corrected chi connectivity index (χ4v) is 1.79. The van der Waals surface area contributed by atoms with E-state index >= 15 is 0 Å². The molecule has 0 aromatic carbocycles. The Hall–Kier alpha value is -2.64. The topological polar surface area (TPSA) is 132 Å². The number of aromatic nitrogens is 4. The molecule has 0 amide bonds. The zero-order chi connectivity index (χ0) is 13.1. The molecule has 0 bridgehead atoms. The summed E-state index contributed by atoms with van der Waals surface area (Å²) in [7, 11) is 0. The number of carboxylic acids is 2. The van der Waals surface area contributed by atoms with E-state index in [1.165, 1.54) is 24.5 Å². The average Bonchev–Trinajstić information content (AvgIpc) is 2.97. The zero-order valence-electron chi connectivity index (χ0n) is 9.07. The SMILES string of the molecule is O=C(O)C(c1ccn[nH]1)C(C(=O)O)c1ccn[nH]1. The molecular weight excluding hydrogens is 240 g/mol. The monoisotopic (exact) mass is 250 g/mol. The first kappa shape index (κ1) is 11.8. The minimum Gasteiger partial charge on any atom is -0.481 e. The van der Waals surface area contributed by atoms with E-state index in [9.17, 15) is 19.8 Å². The van der Waals surface area contributed by atoms with E-state index in [0.29, 0.717) is 0 Å². The Morgan fingerprint density at radius 2 is 1.33 bits per heavy atom. The van der Waals surface area contributed by atoms with Gasteiger partial charge in [0.15, 0.2) is 0 Å². The lowest BCUT2D eigenvalue weighted by molar-refractivity contribution is -0.147. The number of nitrogens with one attached hydrogen (secondary N) is 2. The summed E-state index contributed by atoms with van der Waals surface area (Å²) in [5.74, 6) is -5.02. The first-order valence-corrected chi connectivity index (χ1v) is 5.05. The van der Waals surface area contributed by atoms with Gasteiger partial charge in [-0.05, 0) is 12.1 Å². The second-order valence-corrected chi connectivity index (χ2v) is 3.66. The van der Waals surface area contributed by atoms with Crippen molar-refractivity contribution in [3.05, 3.63) is 35.9 Å². The maximum Gasteiger partial charge on any atom is 0.313 e. The third-order valence-electron chi connectivity index (χ3n) is 2.58. The number of carboxylic acid groups (broad SMARTS) is 2. The van der Waals surface area contributed by atoms with Crippen LogP contribution in [0.1, 0.15) is 23.2 Å². The molecule has 4 N–H and O–H groups in total. The minimum atomic E-state index is -1.26. The molecule has 2 aromatic rings. The molecule has 18 heavy (non-hydrogen) atoms. The highest BCUT2D eigenvalue weighted by Gasteiger charge is 2.38. The summed E-state index contributed by atoms with van der Waals surface area (Å²) in [6.07, 6.45) is 2.74. The van der Waals surface area contributed by atoms with Gasteiger partial charge < -0.3 is 10.2 Å². The number of hydrogen-bond acceptors (Lipinski definition) is 4. The second-order valence-electron chi connectivity index (χ2n) is 3.66. The molecule has 0 spiro atoms. The van der Waals surface area contributed by atoms with Crippen LogP contribution in [0.4, 0.5) is 0 Å². The van der Waals surface area contributed by atoms with Gasteiger partial charge in [0, 0.05) is 12.4 Å². The number of rotatable bonds is 5. The highest BCUT2D eigenvalue weighted by Crippen LogP contribution is 2.31. The molecule has 2 heterocycles. The predicted molar refractivity (Wildman–Crippen MR) is 57.9 cm³/mol. The van der Waals surface area contributed by atoms with Gasteiger partial charge in [-0.1, -0.05) is 0 Å². The van der Waals surface area contributed by atoms with Crippen LogP contribution >= 0.6 is 0 Å². The van der Waals surface area contributed by atoms with Gasteiger partial charge in [0.2, 0.25) is 0 Å². The van der Waals surface area contributed by atoms with Crippen LogP contribution in [0, 0.1) is 0 Å². The van der Waals surface area contributed by atoms with Gasteiger partial charge in [-0.15, -0.1) is 0 Å². The van der Waals surface area contributed by atoms with E-state index in [1.54, 1.807) is 0 Å². The van der Waals surface area contributed by atoms with Crippen LogP contribution in [0.2, 0.25) is 0 Å². The molecule has 0 aliphatic carbocycles. The van der Waals surface area contributed by atoms with Crippen LogP contribution in [0.25, 0.3) is 0 Å². The van der Waals surface area contributed by atoms with Crippen molar-refractivity contribution >= 4 is 11.9 Å². The van der Waals surface area contributed by atoms with Gasteiger partial charge in [-0.25, -0.2) is 0 Å². The Bertz CT molecular complexity index is 484. The van der Waals surface area contributed by atoms with Crippen molar-refractivity contribution in [1.82, 2.24) is 20.4 Å². The number of nitrogens with zero attached hydrogens (tertiary/aromatic N) is 2. The molecule has 0 fully saturated rings. The Morgan fingerprint density at radius 3 is 1.56 bits per heavy atom. The van der Waals surface area contributed by atoms with Crippen molar-refractivity contribution in [3.63, 3.8) is 0 Å². The fourth-order valence-electron chi connectivity index (χ4n) is 1.79. The van der Waals surface area contributed by atoms with Crippen molar-refractivity contribution in [2.45, 2.75) is 11.8 Å². The standard InChI is InChI=1S/C10H10N4O4/c15-9(16)7(5-1-3-11-13-5)8(10(17)18)6-2-4-12-14-6/h1-4,7-8H,(H,11,13)(H,12,14)(H,15,16)(H,17,18). The lowest BCUT2D eigenvalue weighted by atomic mass is 9.87. The molecule has 94 valence electrons. The van der Waals surface area contributed by atoms with Crippen molar-refractivity contribution in [2.75, 3.05) is 0 Å². The molecule has 8 heteroatoms. The zero-order valence-corrected chi connectivity index (χ0v) is 9.07. The molecule has 0 saturated carbocycles. The third kappa shape index (κ3) is 2.08. The second kappa shape index (κ2) is 4.70. The van der Waals surface area contributed by atoms with E-state index < -0.39 is 23.8 Å². The van der Waals surface area contributed by atoms with Crippen molar-refractivity contribution in [3.8, 4) is 0 Å². The van der Waals surface area contributed by atoms with Gasteiger partial charge in [-0.2, -0.15) is 10.2 Å². The van der Waals surface area contributed by atoms with E-state index in [-0.39, 0.29) is 11.4 Å². The molecule has 2 unspecified atom stereocenters. The molecule has 0 aliphatic heterocycles. The lowest BCUT2D eigenvalue weighted by Gasteiger charge is -2.17. The van der Waals surface area contributed by atoms with E-state index in [1.807, 2.05) is 0 Å². The van der Waals surface area contributed by atoms with Crippen LogP contribution in [0.5, 0.6) is 0 Å². The molecule has 0 saturated heterocycles. The summed E-state index contributed by atoms with van der Waals surface area (Å²) in [5.41, 5.74) is 0.453. The number of H-pyrrole nitrogens is 2. The quantitative estimate of drug-likeness (QED) is 0.598. The summed E-state index contributed by atoms with van der Waals surface area (Å²) in [5, 5.41) is 30.7. The number of carbonyl (C=O) groups is 2. The highest BCUT2D eigenvalue weighted by molar-refractivity contribution is 5.87. The maximum absolute atomic E-state index is 11.3. The van der Waals surface area contributed by atoms with Gasteiger partial charge >= 0.3 is 11.9 Å². The van der Waals surface area contributed by atoms with Gasteiger partial charge in [-0.3, -0.25) is 19.8 Å². The summed E-state index contributed by atoms with van der Waals surface area (Å²) >= 11 is 0. The van der Waals surface area contributed by atoms with Crippen LogP contribution in [-0.4, -0.2) is 42.5 Å². The van der Waals surface area contributed by atoms with Gasteiger partial charge in [0.05, 0.1) is 11.4 Å².